The maximum atomic E-state index is 13.7. The molecule has 3 heteroatoms. The molecular formula is C14H13F2N. The Labute approximate surface area is 98.9 Å². The molecule has 2 aromatic carbocycles. The summed E-state index contributed by atoms with van der Waals surface area (Å²) in [6, 6.07) is 9.29. The highest BCUT2D eigenvalue weighted by molar-refractivity contribution is 5.69. The molecule has 0 atom stereocenters. The molecule has 0 aliphatic heterocycles. The van der Waals surface area contributed by atoms with Gasteiger partial charge in [0.25, 0.3) is 0 Å². The lowest BCUT2D eigenvalue weighted by Gasteiger charge is -2.10. The van der Waals surface area contributed by atoms with Gasteiger partial charge in [-0.1, -0.05) is 18.2 Å². The van der Waals surface area contributed by atoms with Crippen LogP contribution < -0.4 is 5.73 Å². The van der Waals surface area contributed by atoms with Crippen molar-refractivity contribution in [3.63, 3.8) is 0 Å². The molecule has 17 heavy (non-hydrogen) atoms. The summed E-state index contributed by atoms with van der Waals surface area (Å²) >= 11 is 0. The Morgan fingerprint density at radius 3 is 2.29 bits per heavy atom. The summed E-state index contributed by atoms with van der Waals surface area (Å²) in [4.78, 5) is 0. The average Bonchev–Trinajstić information content (AvgIpc) is 2.31. The van der Waals surface area contributed by atoms with Crippen molar-refractivity contribution in [3.8, 4) is 11.1 Å². The van der Waals surface area contributed by atoms with Crippen molar-refractivity contribution in [3.05, 3.63) is 59.2 Å². The van der Waals surface area contributed by atoms with Gasteiger partial charge in [0.15, 0.2) is 0 Å². The van der Waals surface area contributed by atoms with Crippen LogP contribution in [0.5, 0.6) is 0 Å². The van der Waals surface area contributed by atoms with E-state index in [1.807, 2.05) is 19.1 Å². The number of nitrogens with two attached hydrogens (primary N) is 1. The highest BCUT2D eigenvalue weighted by atomic mass is 19.1. The highest BCUT2D eigenvalue weighted by Gasteiger charge is 2.13. The van der Waals surface area contributed by atoms with Crippen molar-refractivity contribution >= 4 is 0 Å². The second-order valence-corrected chi connectivity index (χ2v) is 3.95. The van der Waals surface area contributed by atoms with Gasteiger partial charge in [-0.15, -0.1) is 0 Å². The van der Waals surface area contributed by atoms with E-state index >= 15 is 0 Å². The Balaban J connectivity index is 2.67. The Morgan fingerprint density at radius 1 is 1.06 bits per heavy atom. The fourth-order valence-corrected chi connectivity index (χ4v) is 1.82. The fraction of sp³-hybridized carbons (Fsp3) is 0.143. The predicted molar refractivity (Wildman–Crippen MR) is 64.4 cm³/mol. The molecule has 2 aromatic rings. The molecule has 2 N–H and O–H groups in total. The van der Waals surface area contributed by atoms with E-state index in [1.165, 1.54) is 18.2 Å². The van der Waals surface area contributed by atoms with Gasteiger partial charge < -0.3 is 5.73 Å². The molecule has 2 rings (SSSR count). The molecule has 0 saturated heterocycles. The molecule has 0 amide bonds. The lowest BCUT2D eigenvalue weighted by Crippen LogP contribution is -1.98. The zero-order chi connectivity index (χ0) is 12.4. The van der Waals surface area contributed by atoms with Crippen LogP contribution in [0.15, 0.2) is 36.4 Å². The van der Waals surface area contributed by atoms with Crippen molar-refractivity contribution in [2.75, 3.05) is 0 Å². The molecule has 0 heterocycles. The van der Waals surface area contributed by atoms with Gasteiger partial charge in [-0.05, 0) is 41.8 Å². The lowest BCUT2D eigenvalue weighted by molar-refractivity contribution is 0.589. The highest BCUT2D eigenvalue weighted by Crippen LogP contribution is 2.29. The van der Waals surface area contributed by atoms with E-state index in [0.29, 0.717) is 12.1 Å². The SMILES string of the molecule is Cc1ccc(CN)cc1-c1c(F)cccc1F. The number of rotatable bonds is 2. The smallest absolute Gasteiger partial charge is 0.133 e. The number of benzene rings is 2. The van der Waals surface area contributed by atoms with Gasteiger partial charge in [-0.25, -0.2) is 8.78 Å². The van der Waals surface area contributed by atoms with Crippen LogP contribution in [0.25, 0.3) is 11.1 Å². The van der Waals surface area contributed by atoms with Crippen LogP contribution in [-0.4, -0.2) is 0 Å². The minimum Gasteiger partial charge on any atom is -0.326 e. The van der Waals surface area contributed by atoms with E-state index in [-0.39, 0.29) is 5.56 Å². The molecule has 0 radical (unpaired) electrons. The summed E-state index contributed by atoms with van der Waals surface area (Å²) in [5.41, 5.74) is 7.79. The molecule has 0 aliphatic rings. The summed E-state index contributed by atoms with van der Waals surface area (Å²) in [6.45, 7) is 2.17. The van der Waals surface area contributed by atoms with Crippen LogP contribution in [0, 0.1) is 18.6 Å². The van der Waals surface area contributed by atoms with Crippen molar-refractivity contribution in [2.24, 2.45) is 5.73 Å². The first-order chi connectivity index (χ1) is 8.13. The van der Waals surface area contributed by atoms with E-state index in [4.69, 9.17) is 5.73 Å². The molecule has 1 nitrogen and oxygen atoms in total. The van der Waals surface area contributed by atoms with Gasteiger partial charge in [-0.2, -0.15) is 0 Å². The van der Waals surface area contributed by atoms with Crippen LogP contribution in [-0.2, 0) is 6.54 Å². The first-order valence-electron chi connectivity index (χ1n) is 5.37. The predicted octanol–water partition coefficient (Wildman–Crippen LogP) is 3.40. The Hall–Kier alpha value is -1.74. The van der Waals surface area contributed by atoms with Gasteiger partial charge in [0, 0.05) is 6.54 Å². The van der Waals surface area contributed by atoms with E-state index in [0.717, 1.165) is 11.1 Å². The normalized spacial score (nSPS) is 10.6. The van der Waals surface area contributed by atoms with E-state index < -0.39 is 11.6 Å². The van der Waals surface area contributed by atoms with Crippen LogP contribution in [0.4, 0.5) is 8.78 Å². The van der Waals surface area contributed by atoms with Crippen LogP contribution in [0.1, 0.15) is 11.1 Å². The zero-order valence-electron chi connectivity index (χ0n) is 9.50. The minimum absolute atomic E-state index is 0.0142. The third-order valence-corrected chi connectivity index (χ3v) is 2.77. The third kappa shape index (κ3) is 2.19. The Kier molecular flexibility index (Phi) is 3.20. The number of halogens is 2. The standard InChI is InChI=1S/C14H13F2N/c1-9-5-6-10(8-17)7-11(9)14-12(15)3-2-4-13(14)16/h2-7H,8,17H2,1H3. The summed E-state index contributed by atoms with van der Waals surface area (Å²) < 4.78 is 27.4. The largest absolute Gasteiger partial charge is 0.326 e. The maximum absolute atomic E-state index is 13.7. The molecule has 0 saturated carbocycles. The molecule has 88 valence electrons. The quantitative estimate of drug-likeness (QED) is 0.845. The summed E-state index contributed by atoms with van der Waals surface area (Å²) in [7, 11) is 0. The first kappa shape index (κ1) is 11.7. The van der Waals surface area contributed by atoms with Crippen LogP contribution >= 0.6 is 0 Å². The van der Waals surface area contributed by atoms with Gasteiger partial charge in [0.05, 0.1) is 5.56 Å². The molecule has 0 unspecified atom stereocenters. The second-order valence-electron chi connectivity index (χ2n) is 3.95. The fourth-order valence-electron chi connectivity index (χ4n) is 1.82. The van der Waals surface area contributed by atoms with Crippen LogP contribution in [0.2, 0.25) is 0 Å². The van der Waals surface area contributed by atoms with Gasteiger partial charge in [-0.3, -0.25) is 0 Å². The third-order valence-electron chi connectivity index (χ3n) is 2.77. The van der Waals surface area contributed by atoms with Gasteiger partial charge in [0.1, 0.15) is 11.6 Å². The minimum atomic E-state index is -0.553. The molecule has 0 bridgehead atoms. The molecule has 0 fully saturated rings. The molecule has 0 aromatic heterocycles. The number of hydrogen-bond donors (Lipinski definition) is 1. The van der Waals surface area contributed by atoms with Crippen molar-refractivity contribution in [1.29, 1.82) is 0 Å². The monoisotopic (exact) mass is 233 g/mol. The lowest BCUT2D eigenvalue weighted by atomic mass is 9.97. The molecular weight excluding hydrogens is 220 g/mol. The number of hydrogen-bond acceptors (Lipinski definition) is 1. The second kappa shape index (κ2) is 4.63. The van der Waals surface area contributed by atoms with Crippen molar-refractivity contribution < 1.29 is 8.78 Å². The van der Waals surface area contributed by atoms with E-state index in [1.54, 1.807) is 6.07 Å². The van der Waals surface area contributed by atoms with E-state index in [2.05, 4.69) is 0 Å². The Morgan fingerprint density at radius 2 is 1.71 bits per heavy atom. The maximum Gasteiger partial charge on any atom is 0.133 e. The van der Waals surface area contributed by atoms with Crippen molar-refractivity contribution in [2.45, 2.75) is 13.5 Å². The zero-order valence-corrected chi connectivity index (χ0v) is 9.50. The first-order valence-corrected chi connectivity index (χ1v) is 5.37. The van der Waals surface area contributed by atoms with Gasteiger partial charge >= 0.3 is 0 Å². The van der Waals surface area contributed by atoms with Gasteiger partial charge in [0.2, 0.25) is 0 Å². The van der Waals surface area contributed by atoms with Crippen molar-refractivity contribution in [1.82, 2.24) is 0 Å². The molecule has 0 aliphatic carbocycles. The number of aryl methyl sites for hydroxylation is 1. The Bertz CT molecular complexity index is 530. The topological polar surface area (TPSA) is 26.0 Å². The summed E-state index contributed by atoms with van der Waals surface area (Å²) in [5, 5.41) is 0. The summed E-state index contributed by atoms with van der Waals surface area (Å²) in [6.07, 6.45) is 0. The molecule has 0 spiro atoms. The average molecular weight is 233 g/mol. The van der Waals surface area contributed by atoms with E-state index in [9.17, 15) is 8.78 Å². The van der Waals surface area contributed by atoms with Crippen LogP contribution in [0.3, 0.4) is 0 Å². The summed E-state index contributed by atoms with van der Waals surface area (Å²) in [5.74, 6) is -1.11.